The summed E-state index contributed by atoms with van der Waals surface area (Å²) >= 11 is 0. The van der Waals surface area contributed by atoms with Gasteiger partial charge in [0.25, 0.3) is 5.91 Å². The Morgan fingerprint density at radius 1 is 1.33 bits per heavy atom. The lowest BCUT2D eigenvalue weighted by atomic mass is 10.0. The lowest BCUT2D eigenvalue weighted by molar-refractivity contribution is 0.0734. The van der Waals surface area contributed by atoms with Crippen molar-refractivity contribution >= 4 is 5.91 Å². The topological polar surface area (TPSA) is 46.3 Å². The van der Waals surface area contributed by atoms with E-state index in [2.05, 4.69) is 5.16 Å². The number of aromatic nitrogens is 1. The normalized spacial score (nSPS) is 18.2. The molecule has 110 valence electrons. The van der Waals surface area contributed by atoms with Crippen LogP contribution in [0.2, 0.25) is 0 Å². The van der Waals surface area contributed by atoms with Gasteiger partial charge in [0.1, 0.15) is 11.6 Å². The summed E-state index contributed by atoms with van der Waals surface area (Å²) < 4.78 is 18.2. The molecule has 0 unspecified atom stereocenters. The summed E-state index contributed by atoms with van der Waals surface area (Å²) in [5.74, 6) is 0.351. The van der Waals surface area contributed by atoms with Gasteiger partial charge in [-0.2, -0.15) is 0 Å². The Balaban J connectivity index is 1.90. The van der Waals surface area contributed by atoms with Gasteiger partial charge in [0.15, 0.2) is 0 Å². The van der Waals surface area contributed by atoms with Crippen molar-refractivity contribution in [2.24, 2.45) is 0 Å². The van der Waals surface area contributed by atoms with Crippen LogP contribution in [0.4, 0.5) is 4.39 Å². The highest BCUT2D eigenvalue weighted by atomic mass is 19.1. The van der Waals surface area contributed by atoms with Gasteiger partial charge >= 0.3 is 0 Å². The van der Waals surface area contributed by atoms with Crippen LogP contribution >= 0.6 is 0 Å². The molecule has 0 radical (unpaired) electrons. The Bertz CT molecular complexity index is 644. The number of amides is 1. The average Bonchev–Trinajstić information content (AvgIpc) is 3.06. The molecule has 1 aliphatic heterocycles. The third-order valence-electron chi connectivity index (χ3n) is 4.03. The van der Waals surface area contributed by atoms with E-state index in [1.54, 1.807) is 0 Å². The minimum Gasteiger partial charge on any atom is -0.361 e. The number of hydrogen-bond acceptors (Lipinski definition) is 3. The lowest BCUT2D eigenvalue weighted by Gasteiger charge is -2.24. The molecule has 1 aromatic carbocycles. The first-order valence-corrected chi connectivity index (χ1v) is 7.07. The van der Waals surface area contributed by atoms with Crippen molar-refractivity contribution in [3.05, 3.63) is 52.7 Å². The van der Waals surface area contributed by atoms with E-state index in [1.807, 2.05) is 18.7 Å². The molecule has 2 aromatic rings. The van der Waals surface area contributed by atoms with Crippen molar-refractivity contribution in [2.75, 3.05) is 6.54 Å². The van der Waals surface area contributed by atoms with Gasteiger partial charge in [-0.05, 0) is 51.0 Å². The average molecular weight is 288 g/mol. The standard InChI is InChI=1S/C16H17FN2O2/c1-10-15(11(2)21-18-10)14-4-3-9-19(14)16(20)12-5-7-13(17)8-6-12/h5-8,14H,3-4,9H2,1-2H3/t14-/m0/s1. The second-order valence-electron chi connectivity index (χ2n) is 5.40. The van der Waals surface area contributed by atoms with E-state index in [0.717, 1.165) is 29.9 Å². The maximum Gasteiger partial charge on any atom is 0.254 e. The summed E-state index contributed by atoms with van der Waals surface area (Å²) in [5.41, 5.74) is 2.34. The predicted octanol–water partition coefficient (Wildman–Crippen LogP) is 3.41. The number of hydrogen-bond donors (Lipinski definition) is 0. The van der Waals surface area contributed by atoms with E-state index in [4.69, 9.17) is 4.52 Å². The van der Waals surface area contributed by atoms with E-state index in [-0.39, 0.29) is 17.8 Å². The first-order chi connectivity index (χ1) is 10.1. The van der Waals surface area contributed by atoms with Crippen LogP contribution in [-0.2, 0) is 0 Å². The first-order valence-electron chi connectivity index (χ1n) is 7.07. The minimum absolute atomic E-state index is 0.00574. The van der Waals surface area contributed by atoms with Gasteiger partial charge in [-0.15, -0.1) is 0 Å². The summed E-state index contributed by atoms with van der Waals surface area (Å²) in [6.07, 6.45) is 1.84. The third-order valence-corrected chi connectivity index (χ3v) is 4.03. The highest BCUT2D eigenvalue weighted by Gasteiger charge is 2.34. The molecule has 0 bridgehead atoms. The van der Waals surface area contributed by atoms with Crippen molar-refractivity contribution < 1.29 is 13.7 Å². The van der Waals surface area contributed by atoms with Crippen molar-refractivity contribution in [2.45, 2.75) is 32.7 Å². The van der Waals surface area contributed by atoms with Crippen LogP contribution in [0, 0.1) is 19.7 Å². The fourth-order valence-electron chi connectivity index (χ4n) is 3.03. The van der Waals surface area contributed by atoms with Crippen molar-refractivity contribution in [1.82, 2.24) is 10.1 Å². The molecule has 4 nitrogen and oxygen atoms in total. The zero-order valence-electron chi connectivity index (χ0n) is 12.1. The highest BCUT2D eigenvalue weighted by Crippen LogP contribution is 2.36. The largest absolute Gasteiger partial charge is 0.361 e. The Labute approximate surface area is 122 Å². The summed E-state index contributed by atoms with van der Waals surface area (Å²) in [6, 6.07) is 5.68. The summed E-state index contributed by atoms with van der Waals surface area (Å²) in [5, 5.41) is 3.98. The predicted molar refractivity (Wildman–Crippen MR) is 75.4 cm³/mol. The molecule has 0 spiro atoms. The van der Waals surface area contributed by atoms with Crippen LogP contribution in [0.5, 0.6) is 0 Å². The maximum atomic E-state index is 13.0. The molecule has 21 heavy (non-hydrogen) atoms. The van der Waals surface area contributed by atoms with Crippen molar-refractivity contribution in [3.63, 3.8) is 0 Å². The number of halogens is 1. The number of nitrogens with zero attached hydrogens (tertiary/aromatic N) is 2. The molecule has 0 N–H and O–H groups in total. The Hall–Kier alpha value is -2.17. The Morgan fingerprint density at radius 2 is 2.05 bits per heavy atom. The van der Waals surface area contributed by atoms with E-state index in [1.165, 1.54) is 24.3 Å². The number of rotatable bonds is 2. The fourth-order valence-corrected chi connectivity index (χ4v) is 3.03. The van der Waals surface area contributed by atoms with Gasteiger partial charge in [-0.25, -0.2) is 4.39 Å². The van der Waals surface area contributed by atoms with E-state index in [0.29, 0.717) is 12.1 Å². The molecule has 0 saturated carbocycles. The van der Waals surface area contributed by atoms with E-state index in [9.17, 15) is 9.18 Å². The van der Waals surface area contributed by atoms with Crippen LogP contribution in [0.25, 0.3) is 0 Å². The minimum atomic E-state index is -0.338. The zero-order valence-corrected chi connectivity index (χ0v) is 12.1. The monoisotopic (exact) mass is 288 g/mol. The summed E-state index contributed by atoms with van der Waals surface area (Å²) in [6.45, 7) is 4.46. The zero-order chi connectivity index (χ0) is 15.0. The smallest absolute Gasteiger partial charge is 0.254 e. The SMILES string of the molecule is Cc1noc(C)c1[C@@H]1CCCN1C(=O)c1ccc(F)cc1. The first kappa shape index (κ1) is 13.8. The van der Waals surface area contributed by atoms with Gasteiger partial charge in [-0.3, -0.25) is 4.79 Å². The third kappa shape index (κ3) is 2.44. The number of carbonyl (C=O) groups is 1. The van der Waals surface area contributed by atoms with E-state index < -0.39 is 0 Å². The van der Waals surface area contributed by atoms with Crippen molar-refractivity contribution in [3.8, 4) is 0 Å². The molecule has 1 aliphatic rings. The van der Waals surface area contributed by atoms with Gasteiger partial charge in [0.05, 0.1) is 11.7 Å². The van der Waals surface area contributed by atoms with Gasteiger partial charge < -0.3 is 9.42 Å². The molecule has 2 heterocycles. The molecular formula is C16H17FN2O2. The van der Waals surface area contributed by atoms with Crippen molar-refractivity contribution in [1.29, 1.82) is 0 Å². The summed E-state index contributed by atoms with van der Waals surface area (Å²) in [4.78, 5) is 14.5. The van der Waals surface area contributed by atoms with Crippen LogP contribution < -0.4 is 0 Å². The van der Waals surface area contributed by atoms with Crippen LogP contribution in [0.1, 0.15) is 46.3 Å². The number of carbonyl (C=O) groups excluding carboxylic acids is 1. The summed E-state index contributed by atoms with van der Waals surface area (Å²) in [7, 11) is 0. The van der Waals surface area contributed by atoms with Gasteiger partial charge in [-0.1, -0.05) is 5.16 Å². The van der Waals surface area contributed by atoms with Crippen LogP contribution in [-0.4, -0.2) is 22.5 Å². The van der Waals surface area contributed by atoms with Crippen LogP contribution in [0.15, 0.2) is 28.8 Å². The molecule has 1 fully saturated rings. The number of aryl methyl sites for hydroxylation is 2. The second-order valence-corrected chi connectivity index (χ2v) is 5.40. The fraction of sp³-hybridized carbons (Fsp3) is 0.375. The molecular weight excluding hydrogens is 271 g/mol. The molecule has 0 aliphatic carbocycles. The Morgan fingerprint density at radius 3 is 2.67 bits per heavy atom. The second kappa shape index (κ2) is 5.31. The molecule has 5 heteroatoms. The number of benzene rings is 1. The van der Waals surface area contributed by atoms with Gasteiger partial charge in [0, 0.05) is 17.7 Å². The van der Waals surface area contributed by atoms with E-state index >= 15 is 0 Å². The lowest BCUT2D eigenvalue weighted by Crippen LogP contribution is -2.31. The Kier molecular flexibility index (Phi) is 3.49. The van der Waals surface area contributed by atoms with Crippen LogP contribution in [0.3, 0.4) is 0 Å². The molecule has 1 aromatic heterocycles. The maximum absolute atomic E-state index is 13.0. The quantitative estimate of drug-likeness (QED) is 0.850. The highest BCUT2D eigenvalue weighted by molar-refractivity contribution is 5.94. The molecule has 3 rings (SSSR count). The molecule has 1 atom stereocenters. The van der Waals surface area contributed by atoms with Gasteiger partial charge in [0.2, 0.25) is 0 Å². The molecule has 1 amide bonds. The molecule has 1 saturated heterocycles. The number of likely N-dealkylation sites (tertiary alicyclic amines) is 1.